The molecule has 0 radical (unpaired) electrons. The predicted molar refractivity (Wildman–Crippen MR) is 175 cm³/mol. The van der Waals surface area contributed by atoms with Crippen molar-refractivity contribution in [3.05, 3.63) is 115 Å². The van der Waals surface area contributed by atoms with E-state index >= 15 is 0 Å². The molecule has 0 amide bonds. The van der Waals surface area contributed by atoms with Gasteiger partial charge in [0, 0.05) is 11.8 Å². The van der Waals surface area contributed by atoms with E-state index in [9.17, 15) is 35.9 Å². The van der Waals surface area contributed by atoms with Gasteiger partial charge in [0.15, 0.2) is 11.0 Å². The number of halogens is 6. The normalized spacial score (nSPS) is 13.4. The fraction of sp³-hybridized carbons (Fsp3) is 0.353. The summed E-state index contributed by atoms with van der Waals surface area (Å²) in [7, 11) is 0. The van der Waals surface area contributed by atoms with Crippen molar-refractivity contribution in [3.63, 3.8) is 0 Å². The van der Waals surface area contributed by atoms with Crippen LogP contribution < -0.4 is 11.1 Å². The van der Waals surface area contributed by atoms with Crippen LogP contribution in [0.2, 0.25) is 0 Å². The quantitative estimate of drug-likeness (QED) is 0.182. The number of H-pyrrole nitrogens is 2. The summed E-state index contributed by atoms with van der Waals surface area (Å²) in [6.07, 6.45) is -8.97. The van der Waals surface area contributed by atoms with Crippen molar-refractivity contribution >= 4 is 22.1 Å². The number of hydrogen-bond acceptors (Lipinski definition) is 6. The van der Waals surface area contributed by atoms with Crippen molar-refractivity contribution in [1.29, 1.82) is 0 Å². The van der Waals surface area contributed by atoms with Gasteiger partial charge in [-0.15, -0.1) is 0 Å². The lowest BCUT2D eigenvalue weighted by molar-refractivity contribution is -0.142. The van der Waals surface area contributed by atoms with Crippen LogP contribution in [0.15, 0.2) is 58.1 Å². The Morgan fingerprint density at radius 2 is 0.920 bits per heavy atom. The van der Waals surface area contributed by atoms with Crippen LogP contribution in [0, 0.1) is 27.7 Å². The summed E-state index contributed by atoms with van der Waals surface area (Å²) in [6, 6.07) is 15.3. The van der Waals surface area contributed by atoms with Crippen LogP contribution in [0.1, 0.15) is 71.0 Å². The topological polar surface area (TPSA) is 127 Å². The number of fused-ring (bicyclic) bond motifs is 2. The molecule has 6 rings (SSSR count). The molecule has 6 aromatic rings. The Bertz CT molecular complexity index is 2100. The first-order valence-corrected chi connectivity index (χ1v) is 15.5. The van der Waals surface area contributed by atoms with Gasteiger partial charge in [0.05, 0.1) is 11.4 Å². The first-order valence-electron chi connectivity index (χ1n) is 15.5. The summed E-state index contributed by atoms with van der Waals surface area (Å²) in [5.74, 6) is 0.0698. The van der Waals surface area contributed by atoms with E-state index in [2.05, 4.69) is 30.1 Å². The van der Waals surface area contributed by atoms with Gasteiger partial charge in [-0.25, -0.2) is 19.3 Å². The number of nitrogens with one attached hydrogen (secondary N) is 2. The lowest BCUT2D eigenvalue weighted by atomic mass is 9.96. The smallest absolute Gasteiger partial charge is 0.309 e. The van der Waals surface area contributed by atoms with Gasteiger partial charge in [-0.05, 0) is 38.8 Å². The van der Waals surface area contributed by atoms with E-state index in [4.69, 9.17) is 0 Å². The maximum Gasteiger partial charge on any atom is 0.408 e. The van der Waals surface area contributed by atoms with Crippen LogP contribution >= 0.6 is 0 Å². The third-order valence-electron chi connectivity index (χ3n) is 8.12. The Balaban J connectivity index is 0.000000194. The maximum absolute atomic E-state index is 12.9. The summed E-state index contributed by atoms with van der Waals surface area (Å²) in [5, 5.41) is 8.18. The first-order chi connectivity index (χ1) is 23.3. The average Bonchev–Trinajstić information content (AvgIpc) is 3.53. The van der Waals surface area contributed by atoms with E-state index < -0.39 is 36.6 Å². The zero-order valence-corrected chi connectivity index (χ0v) is 28.0. The third-order valence-corrected chi connectivity index (χ3v) is 8.12. The molecule has 16 heteroatoms. The summed E-state index contributed by atoms with van der Waals surface area (Å²) in [4.78, 5) is 37.8. The van der Waals surface area contributed by atoms with E-state index in [-0.39, 0.29) is 33.9 Å². The number of alkyl halides is 6. The van der Waals surface area contributed by atoms with E-state index in [0.29, 0.717) is 32.4 Å². The van der Waals surface area contributed by atoms with Crippen LogP contribution in [0.3, 0.4) is 0 Å². The molecule has 2 N–H and O–H groups in total. The van der Waals surface area contributed by atoms with Crippen LogP contribution in [-0.2, 0) is 13.1 Å². The van der Waals surface area contributed by atoms with Crippen LogP contribution in [0.25, 0.3) is 22.1 Å². The van der Waals surface area contributed by atoms with Crippen LogP contribution in [0.5, 0.6) is 0 Å². The molecule has 0 aliphatic rings. The van der Waals surface area contributed by atoms with E-state index in [1.165, 1.54) is 0 Å². The van der Waals surface area contributed by atoms with Gasteiger partial charge in [-0.1, -0.05) is 73.5 Å². The number of aromatic amines is 2. The van der Waals surface area contributed by atoms with Gasteiger partial charge in [0.2, 0.25) is 0 Å². The summed E-state index contributed by atoms with van der Waals surface area (Å²) in [6.45, 7) is 8.07. The number of hydrogen-bond donors (Lipinski definition) is 2. The number of benzene rings is 2. The molecule has 50 heavy (non-hydrogen) atoms. The maximum atomic E-state index is 12.9. The zero-order valence-electron chi connectivity index (χ0n) is 28.0. The van der Waals surface area contributed by atoms with E-state index in [1.807, 2.05) is 76.2 Å². The van der Waals surface area contributed by atoms with Gasteiger partial charge in [0.25, 0.3) is 11.1 Å². The van der Waals surface area contributed by atoms with Crippen LogP contribution in [-0.4, -0.2) is 51.8 Å². The number of aryl methyl sites for hydroxylation is 4. The lowest BCUT2D eigenvalue weighted by Crippen LogP contribution is -2.22. The molecule has 0 aliphatic heterocycles. The molecule has 0 unspecified atom stereocenters. The molecule has 0 fully saturated rings. The zero-order chi connectivity index (χ0) is 36.7. The van der Waals surface area contributed by atoms with Crippen LogP contribution in [0.4, 0.5) is 26.3 Å². The fourth-order valence-corrected chi connectivity index (χ4v) is 5.63. The fourth-order valence-electron chi connectivity index (χ4n) is 5.63. The molecule has 2 atom stereocenters. The molecule has 0 saturated carbocycles. The molecule has 0 saturated heterocycles. The van der Waals surface area contributed by atoms with Gasteiger partial charge in [-0.2, -0.15) is 36.5 Å². The molecule has 4 heterocycles. The number of nitrogens with zero attached hydrogens (tertiary/aromatic N) is 6. The predicted octanol–water partition coefficient (Wildman–Crippen LogP) is 6.90. The summed E-state index contributed by atoms with van der Waals surface area (Å²) < 4.78 is 78.6. The molecule has 0 aliphatic carbocycles. The second kappa shape index (κ2) is 13.6. The summed E-state index contributed by atoms with van der Waals surface area (Å²) in [5.41, 5.74) is 3.51. The second-order valence-electron chi connectivity index (χ2n) is 12.3. The molecule has 264 valence electrons. The second-order valence-corrected chi connectivity index (χ2v) is 12.3. The Hall–Kier alpha value is -5.28. The first kappa shape index (κ1) is 36.0. The number of aromatic nitrogens is 8. The standard InChI is InChI=1S/2C17H17F3N4O/c2*1-9-4-6-12(7-5-9)10(2)13-14-15(16(25)22-11(3)21-14)24(23-13)8-17(18,19)20/h2*4-7,10H,8H2,1-3H3,(H,21,22,25)/t2*10-/m10/s1. The largest absolute Gasteiger partial charge is 0.408 e. The Labute approximate surface area is 281 Å². The minimum atomic E-state index is -4.49. The molecule has 2 aromatic carbocycles. The Morgan fingerprint density at radius 3 is 1.22 bits per heavy atom. The molecule has 0 spiro atoms. The highest BCUT2D eigenvalue weighted by molar-refractivity contribution is 5.78. The molecular formula is C34H34F6N8O2. The van der Waals surface area contributed by atoms with Gasteiger partial charge >= 0.3 is 12.4 Å². The highest BCUT2D eigenvalue weighted by atomic mass is 19.4. The van der Waals surface area contributed by atoms with Gasteiger partial charge in [0.1, 0.15) is 35.8 Å². The highest BCUT2D eigenvalue weighted by Crippen LogP contribution is 2.31. The monoisotopic (exact) mass is 700 g/mol. The van der Waals surface area contributed by atoms with Crippen molar-refractivity contribution in [2.24, 2.45) is 0 Å². The highest BCUT2D eigenvalue weighted by Gasteiger charge is 2.33. The Morgan fingerprint density at radius 1 is 0.600 bits per heavy atom. The average molecular weight is 701 g/mol. The van der Waals surface area contributed by atoms with Crippen molar-refractivity contribution in [3.8, 4) is 0 Å². The van der Waals surface area contributed by atoms with Gasteiger partial charge < -0.3 is 9.97 Å². The molecule has 4 aromatic heterocycles. The molecule has 0 bridgehead atoms. The van der Waals surface area contributed by atoms with Gasteiger partial charge in [-0.3, -0.25) is 9.59 Å². The van der Waals surface area contributed by atoms with Crippen molar-refractivity contribution in [2.75, 3.05) is 0 Å². The van der Waals surface area contributed by atoms with E-state index in [0.717, 1.165) is 22.3 Å². The van der Waals surface area contributed by atoms with E-state index in [1.54, 1.807) is 13.8 Å². The molecular weight excluding hydrogens is 666 g/mol. The van der Waals surface area contributed by atoms with Crippen molar-refractivity contribution in [2.45, 2.75) is 78.8 Å². The minimum Gasteiger partial charge on any atom is -0.309 e. The SMILES string of the molecule is Cc1ccc([C@@H](C)c2nn(CC(F)(F)F)c3c(=O)[nH]c(C)nc23)cc1.Cc1ccc([C@H](C)c2nn(CC(F)(F)F)c3c(=O)[nH]c(C)nc23)cc1. The number of rotatable bonds is 6. The Kier molecular flexibility index (Phi) is 9.76. The lowest BCUT2D eigenvalue weighted by Gasteiger charge is -2.10. The van der Waals surface area contributed by atoms with Crippen molar-refractivity contribution in [1.82, 2.24) is 39.5 Å². The summed E-state index contributed by atoms with van der Waals surface area (Å²) >= 11 is 0. The minimum absolute atomic E-state index is 0.156. The third kappa shape index (κ3) is 7.95. The molecule has 10 nitrogen and oxygen atoms in total. The van der Waals surface area contributed by atoms with Crippen molar-refractivity contribution < 1.29 is 26.3 Å².